The molecule has 0 radical (unpaired) electrons. The maximum atomic E-state index is 12.8. The molecule has 9 nitrogen and oxygen atoms in total. The van der Waals surface area contributed by atoms with Gasteiger partial charge in [-0.1, -0.05) is 18.3 Å². The fraction of sp³-hybridized carbons (Fsp3) is 0.348. The van der Waals surface area contributed by atoms with Crippen molar-refractivity contribution in [1.82, 2.24) is 4.98 Å². The molecule has 1 fully saturated rings. The highest BCUT2D eigenvalue weighted by Crippen LogP contribution is 2.32. The number of anilines is 3. The average molecular weight is 468 g/mol. The quantitative estimate of drug-likeness (QED) is 0.365. The Morgan fingerprint density at radius 3 is 2.64 bits per heavy atom. The minimum Gasteiger partial charge on any atom is -0.366 e. The summed E-state index contributed by atoms with van der Waals surface area (Å²) in [5.41, 5.74) is 1.98. The number of nitrogens with one attached hydrogen (secondary N) is 2. The summed E-state index contributed by atoms with van der Waals surface area (Å²) in [6.07, 6.45) is 4.32. The first kappa shape index (κ1) is 22.7. The number of thiazole rings is 1. The highest BCUT2D eigenvalue weighted by Gasteiger charge is 2.23. The van der Waals surface area contributed by atoms with Crippen molar-refractivity contribution < 1.29 is 14.5 Å². The summed E-state index contributed by atoms with van der Waals surface area (Å²) >= 11 is 1.32. The lowest BCUT2D eigenvalue weighted by molar-refractivity contribution is -0.384. The lowest BCUT2D eigenvalue weighted by atomic mass is 10.1. The molecule has 1 aliphatic rings. The summed E-state index contributed by atoms with van der Waals surface area (Å²) in [5.74, 6) is -0.511. The molecule has 172 valence electrons. The molecule has 1 aliphatic heterocycles. The minimum atomic E-state index is -0.432. The number of nitro benzene ring substituents is 1. The van der Waals surface area contributed by atoms with Gasteiger partial charge in [-0.15, -0.1) is 0 Å². The number of rotatable bonds is 7. The van der Waals surface area contributed by atoms with Gasteiger partial charge < -0.3 is 15.5 Å². The van der Waals surface area contributed by atoms with Crippen molar-refractivity contribution in [3.05, 3.63) is 52.1 Å². The van der Waals surface area contributed by atoms with Crippen LogP contribution in [0.25, 0.3) is 10.2 Å². The van der Waals surface area contributed by atoms with Gasteiger partial charge in [-0.25, -0.2) is 4.98 Å². The first-order valence-electron chi connectivity index (χ1n) is 11.0. The topological polar surface area (TPSA) is 117 Å². The zero-order valence-electron chi connectivity index (χ0n) is 18.3. The van der Waals surface area contributed by atoms with E-state index in [0.29, 0.717) is 28.4 Å². The van der Waals surface area contributed by atoms with E-state index in [0.717, 1.165) is 43.5 Å². The van der Waals surface area contributed by atoms with Crippen LogP contribution < -0.4 is 15.5 Å². The third-order valence-corrected chi connectivity index (χ3v) is 6.43. The fourth-order valence-corrected chi connectivity index (χ4v) is 4.80. The molecule has 0 unspecified atom stereocenters. The predicted molar refractivity (Wildman–Crippen MR) is 130 cm³/mol. The Bertz CT molecular complexity index is 1200. The van der Waals surface area contributed by atoms with Crippen molar-refractivity contribution in [3.63, 3.8) is 0 Å². The molecule has 3 aromatic rings. The summed E-state index contributed by atoms with van der Waals surface area (Å²) in [6, 6.07) is 9.88. The highest BCUT2D eigenvalue weighted by atomic mass is 32.1. The molecule has 2 heterocycles. The van der Waals surface area contributed by atoms with Crippen molar-refractivity contribution in [3.8, 4) is 0 Å². The molecule has 2 amide bonds. The number of piperidine rings is 1. The third-order valence-electron chi connectivity index (χ3n) is 5.50. The van der Waals surface area contributed by atoms with Crippen LogP contribution in [0.1, 0.15) is 49.4 Å². The van der Waals surface area contributed by atoms with Gasteiger partial charge in [0.1, 0.15) is 5.69 Å². The number of carbonyl (C=O) groups excluding carboxylic acids is 2. The summed E-state index contributed by atoms with van der Waals surface area (Å²) < 4.78 is 0.811. The number of benzene rings is 2. The number of amides is 2. The van der Waals surface area contributed by atoms with E-state index in [1.165, 1.54) is 17.4 Å². The smallest absolute Gasteiger partial charge is 0.293 e. The molecule has 0 aliphatic carbocycles. The molecule has 2 N–H and O–H groups in total. The molecular formula is C23H25N5O4S. The first-order valence-corrected chi connectivity index (χ1v) is 11.8. The number of carbonyl (C=O) groups is 2. The molecule has 0 atom stereocenters. The SMILES string of the molecule is CCCC(=O)Nc1nc2ccc(NC(=O)c3ccc(N4CCCCC4)c([N+](=O)[O-])c3)cc2s1. The van der Waals surface area contributed by atoms with Gasteiger partial charge in [0.15, 0.2) is 5.13 Å². The Kier molecular flexibility index (Phi) is 6.83. The predicted octanol–water partition coefficient (Wildman–Crippen LogP) is 5.19. The lowest BCUT2D eigenvalue weighted by Crippen LogP contribution is -2.30. The fourth-order valence-electron chi connectivity index (χ4n) is 3.88. The Hall–Kier alpha value is -3.53. The van der Waals surface area contributed by atoms with Gasteiger partial charge in [-0.05, 0) is 56.0 Å². The van der Waals surface area contributed by atoms with E-state index in [4.69, 9.17) is 0 Å². The van der Waals surface area contributed by atoms with Crippen LogP contribution in [0, 0.1) is 10.1 Å². The Balaban J connectivity index is 1.51. The number of fused-ring (bicyclic) bond motifs is 1. The molecule has 2 aromatic carbocycles. The summed E-state index contributed by atoms with van der Waals surface area (Å²) in [5, 5.41) is 17.8. The maximum absolute atomic E-state index is 12.8. The average Bonchev–Trinajstić information content (AvgIpc) is 3.20. The van der Waals surface area contributed by atoms with E-state index in [1.54, 1.807) is 30.3 Å². The van der Waals surface area contributed by atoms with Crippen LogP contribution in [0.4, 0.5) is 22.2 Å². The van der Waals surface area contributed by atoms with Crippen molar-refractivity contribution in [2.75, 3.05) is 28.6 Å². The molecule has 0 bridgehead atoms. The Labute approximate surface area is 195 Å². The van der Waals surface area contributed by atoms with Gasteiger partial charge in [0.05, 0.1) is 15.1 Å². The summed E-state index contributed by atoms with van der Waals surface area (Å²) in [7, 11) is 0. The van der Waals surface area contributed by atoms with Crippen LogP contribution in [0.15, 0.2) is 36.4 Å². The van der Waals surface area contributed by atoms with Crippen LogP contribution >= 0.6 is 11.3 Å². The van der Waals surface area contributed by atoms with Crippen molar-refractivity contribution in [2.45, 2.75) is 39.0 Å². The Morgan fingerprint density at radius 1 is 1.12 bits per heavy atom. The van der Waals surface area contributed by atoms with Crippen LogP contribution in [0.5, 0.6) is 0 Å². The summed E-state index contributed by atoms with van der Waals surface area (Å²) in [4.78, 5) is 42.3. The van der Waals surface area contributed by atoms with Gasteiger partial charge in [-0.3, -0.25) is 19.7 Å². The van der Waals surface area contributed by atoms with Gasteiger partial charge >= 0.3 is 0 Å². The number of hydrogen-bond donors (Lipinski definition) is 2. The first-order chi connectivity index (χ1) is 15.9. The van der Waals surface area contributed by atoms with Crippen molar-refractivity contribution in [2.24, 2.45) is 0 Å². The van der Waals surface area contributed by atoms with Crippen molar-refractivity contribution >= 4 is 55.6 Å². The maximum Gasteiger partial charge on any atom is 0.293 e. The molecule has 1 saturated heterocycles. The third kappa shape index (κ3) is 5.28. The normalized spacial score (nSPS) is 13.7. The van der Waals surface area contributed by atoms with E-state index in [9.17, 15) is 19.7 Å². The number of hydrogen-bond acceptors (Lipinski definition) is 7. The van der Waals surface area contributed by atoms with Crippen LogP contribution in [-0.4, -0.2) is 34.8 Å². The molecule has 10 heteroatoms. The minimum absolute atomic E-state index is 0.0603. The standard InChI is InChI=1S/C23H25N5O4S/c1-2-6-21(29)26-23-25-17-9-8-16(14-20(17)33-23)24-22(30)15-7-10-18(19(13-15)28(31)32)27-11-4-3-5-12-27/h7-10,13-14H,2-6,11-12H2,1H3,(H,24,30)(H,25,26,29). The largest absolute Gasteiger partial charge is 0.366 e. The lowest BCUT2D eigenvalue weighted by Gasteiger charge is -2.28. The number of nitro groups is 1. The molecule has 4 rings (SSSR count). The molecule has 0 spiro atoms. The second kappa shape index (κ2) is 9.95. The van der Waals surface area contributed by atoms with Crippen LogP contribution in [0.3, 0.4) is 0 Å². The van der Waals surface area contributed by atoms with E-state index in [1.807, 2.05) is 11.8 Å². The van der Waals surface area contributed by atoms with Gasteiger partial charge in [0.25, 0.3) is 11.6 Å². The van der Waals surface area contributed by atoms with E-state index >= 15 is 0 Å². The number of nitrogens with zero attached hydrogens (tertiary/aromatic N) is 3. The highest BCUT2D eigenvalue weighted by molar-refractivity contribution is 7.22. The van der Waals surface area contributed by atoms with E-state index < -0.39 is 10.8 Å². The van der Waals surface area contributed by atoms with E-state index in [-0.39, 0.29) is 17.2 Å². The second-order valence-electron chi connectivity index (χ2n) is 7.96. The zero-order valence-corrected chi connectivity index (χ0v) is 19.1. The van der Waals surface area contributed by atoms with Gasteiger partial charge in [0, 0.05) is 36.8 Å². The second-order valence-corrected chi connectivity index (χ2v) is 8.99. The molecule has 1 aromatic heterocycles. The van der Waals surface area contributed by atoms with E-state index in [2.05, 4.69) is 15.6 Å². The molecule has 0 saturated carbocycles. The monoisotopic (exact) mass is 467 g/mol. The van der Waals surface area contributed by atoms with Crippen LogP contribution in [0.2, 0.25) is 0 Å². The molecular weight excluding hydrogens is 442 g/mol. The zero-order chi connectivity index (χ0) is 23.4. The summed E-state index contributed by atoms with van der Waals surface area (Å²) in [6.45, 7) is 3.49. The Morgan fingerprint density at radius 2 is 1.91 bits per heavy atom. The molecule has 33 heavy (non-hydrogen) atoms. The van der Waals surface area contributed by atoms with Gasteiger partial charge in [0.2, 0.25) is 5.91 Å². The number of aromatic nitrogens is 1. The van der Waals surface area contributed by atoms with Gasteiger partial charge in [-0.2, -0.15) is 0 Å². The van der Waals surface area contributed by atoms with Crippen LogP contribution in [-0.2, 0) is 4.79 Å². The van der Waals surface area contributed by atoms with Crippen molar-refractivity contribution in [1.29, 1.82) is 0 Å².